The SMILES string of the molecule is Cc1cc(F)cc(C)c1S(=O)(=O)NCc1ccc(Br)s1. The van der Waals surface area contributed by atoms with Gasteiger partial charge in [0.05, 0.1) is 8.68 Å². The monoisotopic (exact) mass is 377 g/mol. The Balaban J connectivity index is 2.27. The van der Waals surface area contributed by atoms with Crippen molar-refractivity contribution in [2.45, 2.75) is 25.3 Å². The highest BCUT2D eigenvalue weighted by Crippen LogP contribution is 2.24. The second-order valence-corrected chi connectivity index (χ2v) is 8.65. The molecule has 1 heterocycles. The van der Waals surface area contributed by atoms with Gasteiger partial charge in [-0.25, -0.2) is 17.5 Å². The molecule has 108 valence electrons. The van der Waals surface area contributed by atoms with Crippen molar-refractivity contribution in [2.24, 2.45) is 0 Å². The first-order valence-electron chi connectivity index (χ1n) is 5.80. The van der Waals surface area contributed by atoms with Crippen LogP contribution in [0.4, 0.5) is 4.39 Å². The Morgan fingerprint density at radius 1 is 1.25 bits per heavy atom. The van der Waals surface area contributed by atoms with Crippen molar-refractivity contribution in [3.05, 3.63) is 49.9 Å². The average molecular weight is 378 g/mol. The van der Waals surface area contributed by atoms with E-state index in [0.717, 1.165) is 8.66 Å². The van der Waals surface area contributed by atoms with E-state index in [2.05, 4.69) is 20.7 Å². The molecular formula is C13H13BrFNO2S2. The molecule has 0 aliphatic rings. The molecule has 0 aliphatic heterocycles. The van der Waals surface area contributed by atoms with E-state index in [1.54, 1.807) is 13.8 Å². The van der Waals surface area contributed by atoms with Gasteiger partial charge in [-0.1, -0.05) is 0 Å². The Morgan fingerprint density at radius 2 is 1.85 bits per heavy atom. The number of aryl methyl sites for hydroxylation is 2. The normalized spacial score (nSPS) is 11.8. The molecule has 0 saturated heterocycles. The van der Waals surface area contributed by atoms with Gasteiger partial charge in [-0.3, -0.25) is 0 Å². The molecule has 0 radical (unpaired) electrons. The highest BCUT2D eigenvalue weighted by Gasteiger charge is 2.20. The first-order valence-corrected chi connectivity index (χ1v) is 8.89. The number of hydrogen-bond acceptors (Lipinski definition) is 3. The number of sulfonamides is 1. The maximum absolute atomic E-state index is 13.2. The summed E-state index contributed by atoms with van der Waals surface area (Å²) >= 11 is 4.79. The summed E-state index contributed by atoms with van der Waals surface area (Å²) in [6.45, 7) is 3.40. The third-order valence-corrected chi connectivity index (χ3v) is 6.09. The quantitative estimate of drug-likeness (QED) is 0.881. The molecule has 0 aliphatic carbocycles. The van der Waals surface area contributed by atoms with Gasteiger partial charge in [-0.05, 0) is 65.2 Å². The molecule has 2 aromatic rings. The topological polar surface area (TPSA) is 46.2 Å². The summed E-state index contributed by atoms with van der Waals surface area (Å²) in [4.78, 5) is 1.05. The lowest BCUT2D eigenvalue weighted by Gasteiger charge is -2.11. The zero-order valence-corrected chi connectivity index (χ0v) is 14.1. The molecule has 7 heteroatoms. The lowest BCUT2D eigenvalue weighted by molar-refractivity contribution is 0.579. The summed E-state index contributed by atoms with van der Waals surface area (Å²) in [6, 6.07) is 6.16. The summed E-state index contributed by atoms with van der Waals surface area (Å²) in [5, 5.41) is 0. The molecule has 0 amide bonds. The molecule has 0 atom stereocenters. The van der Waals surface area contributed by atoms with E-state index in [-0.39, 0.29) is 11.4 Å². The number of thiophene rings is 1. The van der Waals surface area contributed by atoms with Gasteiger partial charge in [0.1, 0.15) is 5.82 Å². The van der Waals surface area contributed by atoms with Crippen LogP contribution in [-0.2, 0) is 16.6 Å². The molecule has 1 aromatic carbocycles. The van der Waals surface area contributed by atoms with Crippen LogP contribution < -0.4 is 4.72 Å². The van der Waals surface area contributed by atoms with Crippen LogP contribution in [0.2, 0.25) is 0 Å². The van der Waals surface area contributed by atoms with E-state index >= 15 is 0 Å². The average Bonchev–Trinajstić information content (AvgIpc) is 2.71. The van der Waals surface area contributed by atoms with Crippen LogP contribution in [0, 0.1) is 19.7 Å². The predicted octanol–water partition coefficient (Wildman–Crippen LogP) is 3.75. The van der Waals surface area contributed by atoms with Gasteiger partial charge in [0, 0.05) is 11.4 Å². The zero-order chi connectivity index (χ0) is 14.9. The van der Waals surface area contributed by atoms with Gasteiger partial charge >= 0.3 is 0 Å². The van der Waals surface area contributed by atoms with Crippen LogP contribution >= 0.6 is 27.3 Å². The Kier molecular flexibility index (Phi) is 4.63. The fourth-order valence-electron chi connectivity index (χ4n) is 2.01. The van der Waals surface area contributed by atoms with E-state index in [1.807, 2.05) is 12.1 Å². The number of benzene rings is 1. The number of nitrogens with one attached hydrogen (secondary N) is 1. The molecule has 2 rings (SSSR count). The van der Waals surface area contributed by atoms with Crippen molar-refractivity contribution in [2.75, 3.05) is 0 Å². The van der Waals surface area contributed by atoms with Crippen molar-refractivity contribution in [1.29, 1.82) is 0 Å². The molecule has 0 unspecified atom stereocenters. The first-order chi connectivity index (χ1) is 9.29. The Bertz CT molecular complexity index is 718. The minimum absolute atomic E-state index is 0.148. The van der Waals surface area contributed by atoms with Crippen molar-refractivity contribution >= 4 is 37.3 Å². The minimum Gasteiger partial charge on any atom is -0.207 e. The van der Waals surface area contributed by atoms with Crippen LogP contribution in [-0.4, -0.2) is 8.42 Å². The van der Waals surface area contributed by atoms with E-state index in [1.165, 1.54) is 23.5 Å². The molecular weight excluding hydrogens is 365 g/mol. The van der Waals surface area contributed by atoms with E-state index in [0.29, 0.717) is 11.1 Å². The van der Waals surface area contributed by atoms with Gasteiger partial charge in [0.15, 0.2) is 0 Å². The lowest BCUT2D eigenvalue weighted by atomic mass is 10.1. The summed E-state index contributed by atoms with van der Waals surface area (Å²) < 4.78 is 41.4. The molecule has 1 aromatic heterocycles. The summed E-state index contributed by atoms with van der Waals surface area (Å²) in [5.41, 5.74) is 0.810. The Hall–Kier alpha value is -0.760. The van der Waals surface area contributed by atoms with Crippen LogP contribution in [0.3, 0.4) is 0 Å². The van der Waals surface area contributed by atoms with Gasteiger partial charge < -0.3 is 0 Å². The third-order valence-electron chi connectivity index (χ3n) is 2.76. The molecule has 0 bridgehead atoms. The van der Waals surface area contributed by atoms with E-state index < -0.39 is 15.8 Å². The molecule has 1 N–H and O–H groups in total. The van der Waals surface area contributed by atoms with Crippen LogP contribution in [0.5, 0.6) is 0 Å². The zero-order valence-electron chi connectivity index (χ0n) is 10.9. The molecule has 3 nitrogen and oxygen atoms in total. The van der Waals surface area contributed by atoms with Crippen molar-refractivity contribution in [3.63, 3.8) is 0 Å². The summed E-state index contributed by atoms with van der Waals surface area (Å²) in [6.07, 6.45) is 0. The van der Waals surface area contributed by atoms with Crippen LogP contribution in [0.25, 0.3) is 0 Å². The van der Waals surface area contributed by atoms with Crippen LogP contribution in [0.15, 0.2) is 32.9 Å². The summed E-state index contributed by atoms with van der Waals surface area (Å²) in [5.74, 6) is -0.430. The van der Waals surface area contributed by atoms with Crippen LogP contribution in [0.1, 0.15) is 16.0 Å². The van der Waals surface area contributed by atoms with E-state index in [9.17, 15) is 12.8 Å². The van der Waals surface area contributed by atoms with Gasteiger partial charge in [0.25, 0.3) is 0 Å². The lowest BCUT2D eigenvalue weighted by Crippen LogP contribution is -2.24. The fourth-order valence-corrected chi connectivity index (χ4v) is 4.98. The predicted molar refractivity (Wildman–Crippen MR) is 81.9 cm³/mol. The maximum atomic E-state index is 13.2. The minimum atomic E-state index is -3.65. The highest BCUT2D eigenvalue weighted by atomic mass is 79.9. The number of rotatable bonds is 4. The molecule has 20 heavy (non-hydrogen) atoms. The van der Waals surface area contributed by atoms with Crippen molar-refractivity contribution < 1.29 is 12.8 Å². The van der Waals surface area contributed by atoms with E-state index in [4.69, 9.17) is 0 Å². The number of hydrogen-bond donors (Lipinski definition) is 1. The van der Waals surface area contributed by atoms with Crippen molar-refractivity contribution in [3.8, 4) is 0 Å². The summed E-state index contributed by atoms with van der Waals surface area (Å²) in [7, 11) is -3.65. The molecule has 0 spiro atoms. The highest BCUT2D eigenvalue weighted by molar-refractivity contribution is 9.11. The molecule has 0 saturated carbocycles. The third kappa shape index (κ3) is 3.46. The Morgan fingerprint density at radius 3 is 2.35 bits per heavy atom. The van der Waals surface area contributed by atoms with Crippen molar-refractivity contribution in [1.82, 2.24) is 4.72 Å². The second-order valence-electron chi connectivity index (χ2n) is 4.40. The molecule has 0 fully saturated rings. The second kappa shape index (κ2) is 5.93. The first kappa shape index (κ1) is 15.6. The largest absolute Gasteiger partial charge is 0.241 e. The fraction of sp³-hybridized carbons (Fsp3) is 0.231. The maximum Gasteiger partial charge on any atom is 0.241 e. The van der Waals surface area contributed by atoms with Gasteiger partial charge in [0.2, 0.25) is 10.0 Å². The smallest absolute Gasteiger partial charge is 0.207 e. The number of halogens is 2. The van der Waals surface area contributed by atoms with Gasteiger partial charge in [-0.15, -0.1) is 11.3 Å². The standard InChI is InChI=1S/C13H13BrFNO2S2/c1-8-5-10(15)6-9(2)13(8)20(17,18)16-7-11-3-4-12(14)19-11/h3-6,16H,7H2,1-2H3. The van der Waals surface area contributed by atoms with Gasteiger partial charge in [-0.2, -0.15) is 0 Å². The Labute approximate surface area is 130 Å².